The first kappa shape index (κ1) is 15.0. The highest BCUT2D eigenvalue weighted by molar-refractivity contribution is 5.80. The van der Waals surface area contributed by atoms with Crippen molar-refractivity contribution in [2.45, 2.75) is 26.0 Å². The highest BCUT2D eigenvalue weighted by Crippen LogP contribution is 2.13. The highest BCUT2D eigenvalue weighted by atomic mass is 19.1. The number of carbonyl (C=O) groups excluding carboxylic acids is 1. The zero-order valence-electron chi connectivity index (χ0n) is 11.8. The van der Waals surface area contributed by atoms with Gasteiger partial charge in [-0.25, -0.2) is 9.37 Å². The maximum Gasteiger partial charge on any atom is 0.260 e. The number of aryl methyl sites for hydroxylation is 1. The lowest BCUT2D eigenvalue weighted by Crippen LogP contribution is -2.37. The monoisotopic (exact) mass is 291 g/mol. The molecule has 1 aromatic carbocycles. The van der Waals surface area contributed by atoms with Gasteiger partial charge in [0.1, 0.15) is 11.6 Å². The summed E-state index contributed by atoms with van der Waals surface area (Å²) in [6, 6.07) is 5.74. The summed E-state index contributed by atoms with van der Waals surface area (Å²) in [7, 11) is 0. The first-order valence-electron chi connectivity index (χ1n) is 6.81. The molecule has 6 heteroatoms. The van der Waals surface area contributed by atoms with Crippen LogP contribution in [0.15, 0.2) is 43.0 Å². The molecule has 0 aliphatic carbocycles. The highest BCUT2D eigenvalue weighted by Gasteiger charge is 2.14. The molecule has 1 amide bonds. The molecule has 112 valence electrons. The number of halogens is 1. The van der Waals surface area contributed by atoms with Gasteiger partial charge in [-0.05, 0) is 25.5 Å². The van der Waals surface area contributed by atoms with Crippen LogP contribution in [0.4, 0.5) is 4.39 Å². The van der Waals surface area contributed by atoms with E-state index in [4.69, 9.17) is 4.74 Å². The van der Waals surface area contributed by atoms with Crippen molar-refractivity contribution in [3.8, 4) is 5.75 Å². The SMILES string of the molecule is CC(Oc1cccc(F)c1)C(=O)NCCCn1ccnc1. The molecular formula is C15H18FN3O2. The summed E-state index contributed by atoms with van der Waals surface area (Å²) in [4.78, 5) is 15.8. The van der Waals surface area contributed by atoms with Crippen molar-refractivity contribution in [2.75, 3.05) is 6.54 Å². The normalized spacial score (nSPS) is 11.9. The Bertz CT molecular complexity index is 572. The molecule has 1 unspecified atom stereocenters. The predicted molar refractivity (Wildman–Crippen MR) is 76.3 cm³/mol. The van der Waals surface area contributed by atoms with Crippen molar-refractivity contribution in [3.05, 3.63) is 48.8 Å². The van der Waals surface area contributed by atoms with E-state index in [1.54, 1.807) is 31.6 Å². The van der Waals surface area contributed by atoms with E-state index in [1.807, 2.05) is 10.8 Å². The molecule has 0 aliphatic heterocycles. The third-order valence-corrected chi connectivity index (χ3v) is 2.93. The lowest BCUT2D eigenvalue weighted by Gasteiger charge is -2.14. The summed E-state index contributed by atoms with van der Waals surface area (Å²) in [6.07, 6.45) is 5.46. The zero-order chi connectivity index (χ0) is 15.1. The number of amides is 1. The van der Waals surface area contributed by atoms with E-state index < -0.39 is 6.10 Å². The molecule has 0 saturated heterocycles. The van der Waals surface area contributed by atoms with Gasteiger partial charge in [0.2, 0.25) is 0 Å². The Balaban J connectivity index is 1.70. The van der Waals surface area contributed by atoms with E-state index in [9.17, 15) is 9.18 Å². The first-order chi connectivity index (χ1) is 10.1. The molecule has 0 bridgehead atoms. The van der Waals surface area contributed by atoms with Crippen LogP contribution in [0.3, 0.4) is 0 Å². The third-order valence-electron chi connectivity index (χ3n) is 2.93. The number of aromatic nitrogens is 2. The molecule has 5 nitrogen and oxygen atoms in total. The lowest BCUT2D eigenvalue weighted by atomic mass is 10.3. The Kier molecular flexibility index (Phi) is 5.31. The second-order valence-corrected chi connectivity index (χ2v) is 4.66. The van der Waals surface area contributed by atoms with Crippen molar-refractivity contribution in [1.29, 1.82) is 0 Å². The van der Waals surface area contributed by atoms with Crippen LogP contribution >= 0.6 is 0 Å². The van der Waals surface area contributed by atoms with Gasteiger partial charge in [0.15, 0.2) is 6.10 Å². The predicted octanol–water partition coefficient (Wildman–Crippen LogP) is 2.00. The van der Waals surface area contributed by atoms with E-state index in [2.05, 4.69) is 10.3 Å². The maximum absolute atomic E-state index is 13.0. The average molecular weight is 291 g/mol. The Hall–Kier alpha value is -2.37. The number of hydrogen-bond acceptors (Lipinski definition) is 3. The Morgan fingerprint density at radius 2 is 2.38 bits per heavy atom. The van der Waals surface area contributed by atoms with Gasteiger partial charge in [0.25, 0.3) is 5.91 Å². The quantitative estimate of drug-likeness (QED) is 0.794. The molecule has 1 heterocycles. The standard InChI is InChI=1S/C15H18FN3O2/c1-12(21-14-5-2-4-13(16)10-14)15(20)18-6-3-8-19-9-7-17-11-19/h2,4-5,7,9-12H,3,6,8H2,1H3,(H,18,20). The van der Waals surface area contributed by atoms with Gasteiger partial charge in [-0.1, -0.05) is 6.07 Å². The molecule has 2 rings (SSSR count). The third kappa shape index (κ3) is 4.91. The van der Waals surface area contributed by atoms with Gasteiger partial charge in [-0.2, -0.15) is 0 Å². The summed E-state index contributed by atoms with van der Waals surface area (Å²) in [5.41, 5.74) is 0. The van der Waals surface area contributed by atoms with Crippen molar-refractivity contribution in [2.24, 2.45) is 0 Å². The van der Waals surface area contributed by atoms with Crippen molar-refractivity contribution in [3.63, 3.8) is 0 Å². The minimum Gasteiger partial charge on any atom is -0.481 e. The number of imidazole rings is 1. The lowest BCUT2D eigenvalue weighted by molar-refractivity contribution is -0.127. The summed E-state index contributed by atoms with van der Waals surface area (Å²) >= 11 is 0. The molecule has 1 atom stereocenters. The van der Waals surface area contributed by atoms with Crippen LogP contribution in [0.5, 0.6) is 5.75 Å². The van der Waals surface area contributed by atoms with E-state index in [0.29, 0.717) is 12.3 Å². The molecular weight excluding hydrogens is 273 g/mol. The maximum atomic E-state index is 13.0. The number of nitrogens with zero attached hydrogens (tertiary/aromatic N) is 2. The van der Waals surface area contributed by atoms with Crippen LogP contribution in [0, 0.1) is 5.82 Å². The molecule has 0 saturated carbocycles. The van der Waals surface area contributed by atoms with E-state index in [-0.39, 0.29) is 11.7 Å². The Labute approximate surface area is 122 Å². The molecule has 1 N–H and O–H groups in total. The summed E-state index contributed by atoms with van der Waals surface area (Å²) in [5.74, 6) is -0.263. The molecule has 21 heavy (non-hydrogen) atoms. The van der Waals surface area contributed by atoms with Crippen LogP contribution < -0.4 is 10.1 Å². The summed E-state index contributed by atoms with van der Waals surface area (Å²) < 4.78 is 20.3. The van der Waals surface area contributed by atoms with E-state index in [0.717, 1.165) is 13.0 Å². The fourth-order valence-electron chi connectivity index (χ4n) is 1.83. The average Bonchev–Trinajstić information content (AvgIpc) is 2.96. The summed E-state index contributed by atoms with van der Waals surface area (Å²) in [5, 5.41) is 2.79. The fourth-order valence-corrected chi connectivity index (χ4v) is 1.83. The van der Waals surface area contributed by atoms with Crippen LogP contribution in [0.1, 0.15) is 13.3 Å². The second kappa shape index (κ2) is 7.42. The molecule has 1 aromatic heterocycles. The van der Waals surface area contributed by atoms with Crippen LogP contribution in [-0.4, -0.2) is 28.1 Å². The number of benzene rings is 1. The van der Waals surface area contributed by atoms with Crippen molar-refractivity contribution < 1.29 is 13.9 Å². The number of rotatable bonds is 7. The van der Waals surface area contributed by atoms with E-state index >= 15 is 0 Å². The fraction of sp³-hybridized carbons (Fsp3) is 0.333. The zero-order valence-corrected chi connectivity index (χ0v) is 11.8. The van der Waals surface area contributed by atoms with Gasteiger partial charge in [-0.15, -0.1) is 0 Å². The molecule has 2 aromatic rings. The van der Waals surface area contributed by atoms with Crippen LogP contribution in [0.25, 0.3) is 0 Å². The van der Waals surface area contributed by atoms with Crippen molar-refractivity contribution >= 4 is 5.91 Å². The first-order valence-corrected chi connectivity index (χ1v) is 6.81. The largest absolute Gasteiger partial charge is 0.481 e. The number of nitrogens with one attached hydrogen (secondary N) is 1. The van der Waals surface area contributed by atoms with Crippen LogP contribution in [0.2, 0.25) is 0 Å². The summed E-state index contributed by atoms with van der Waals surface area (Å²) in [6.45, 7) is 2.98. The number of ether oxygens (including phenoxy) is 1. The van der Waals surface area contributed by atoms with Gasteiger partial charge in [-0.3, -0.25) is 4.79 Å². The van der Waals surface area contributed by atoms with Gasteiger partial charge in [0.05, 0.1) is 6.33 Å². The Morgan fingerprint density at radius 1 is 1.52 bits per heavy atom. The molecule has 0 fully saturated rings. The minimum absolute atomic E-state index is 0.218. The smallest absolute Gasteiger partial charge is 0.260 e. The second-order valence-electron chi connectivity index (χ2n) is 4.66. The van der Waals surface area contributed by atoms with Gasteiger partial charge < -0.3 is 14.6 Å². The van der Waals surface area contributed by atoms with E-state index in [1.165, 1.54) is 12.1 Å². The number of hydrogen-bond donors (Lipinski definition) is 1. The van der Waals surface area contributed by atoms with Gasteiger partial charge in [0, 0.05) is 31.5 Å². The van der Waals surface area contributed by atoms with Crippen LogP contribution in [-0.2, 0) is 11.3 Å². The minimum atomic E-state index is -0.667. The number of carbonyl (C=O) groups is 1. The van der Waals surface area contributed by atoms with Crippen molar-refractivity contribution in [1.82, 2.24) is 14.9 Å². The molecule has 0 radical (unpaired) electrons. The van der Waals surface area contributed by atoms with Gasteiger partial charge >= 0.3 is 0 Å². The topological polar surface area (TPSA) is 56.1 Å². The molecule has 0 aliphatic rings. The Morgan fingerprint density at radius 3 is 3.10 bits per heavy atom. The molecule has 0 spiro atoms.